The highest BCUT2D eigenvalue weighted by molar-refractivity contribution is 7.92. The van der Waals surface area contributed by atoms with Crippen LogP contribution in [0.25, 0.3) is 0 Å². The number of nitrogens with one attached hydrogen (secondary N) is 1. The first-order valence-corrected chi connectivity index (χ1v) is 10.9. The molecule has 9 heteroatoms. The van der Waals surface area contributed by atoms with Gasteiger partial charge < -0.3 is 5.32 Å². The van der Waals surface area contributed by atoms with Crippen LogP contribution in [0.2, 0.25) is 15.1 Å². The fraction of sp³-hybridized carbons (Fsp3) is 0.0500. The Balaban J connectivity index is 1.94. The van der Waals surface area contributed by atoms with Gasteiger partial charge >= 0.3 is 0 Å². The van der Waals surface area contributed by atoms with Crippen molar-refractivity contribution in [3.63, 3.8) is 0 Å². The molecule has 3 aromatic carbocycles. The second kappa shape index (κ2) is 9.05. The molecule has 0 aliphatic rings. The van der Waals surface area contributed by atoms with Crippen LogP contribution in [0, 0.1) is 0 Å². The maximum atomic E-state index is 13.2. The maximum absolute atomic E-state index is 13.2. The van der Waals surface area contributed by atoms with E-state index in [0.29, 0.717) is 20.8 Å². The fourth-order valence-corrected chi connectivity index (χ4v) is 4.77. The lowest BCUT2D eigenvalue weighted by Crippen LogP contribution is -2.38. The number of carbonyl (C=O) groups is 1. The van der Waals surface area contributed by atoms with E-state index in [1.807, 2.05) is 0 Å². The van der Waals surface area contributed by atoms with Crippen LogP contribution in [0.5, 0.6) is 0 Å². The van der Waals surface area contributed by atoms with E-state index in [-0.39, 0.29) is 10.6 Å². The van der Waals surface area contributed by atoms with Crippen molar-refractivity contribution in [1.82, 2.24) is 0 Å². The summed E-state index contributed by atoms with van der Waals surface area (Å²) >= 11 is 17.9. The summed E-state index contributed by atoms with van der Waals surface area (Å²) in [6.07, 6.45) is 0. The van der Waals surface area contributed by atoms with Crippen molar-refractivity contribution in [3.8, 4) is 0 Å². The second-order valence-corrected chi connectivity index (χ2v) is 9.18. The molecular formula is C20H15Cl3N2O3S. The minimum atomic E-state index is -4.01. The fourth-order valence-electron chi connectivity index (χ4n) is 2.62. The van der Waals surface area contributed by atoms with Crippen LogP contribution < -0.4 is 9.62 Å². The van der Waals surface area contributed by atoms with Gasteiger partial charge in [-0.25, -0.2) is 8.42 Å². The highest BCUT2D eigenvalue weighted by Crippen LogP contribution is 2.27. The number of rotatable bonds is 6. The van der Waals surface area contributed by atoms with Crippen molar-refractivity contribution in [2.24, 2.45) is 0 Å². The van der Waals surface area contributed by atoms with Crippen molar-refractivity contribution in [3.05, 3.63) is 87.9 Å². The smallest absolute Gasteiger partial charge is 0.264 e. The SMILES string of the molecule is O=C(CN(c1cccc(Cl)c1)S(=O)(=O)c1ccccc1)Nc1cc(Cl)cc(Cl)c1. The van der Waals surface area contributed by atoms with E-state index in [4.69, 9.17) is 34.8 Å². The van der Waals surface area contributed by atoms with Gasteiger partial charge in [0.15, 0.2) is 0 Å². The molecule has 0 radical (unpaired) electrons. The van der Waals surface area contributed by atoms with Crippen molar-refractivity contribution in [2.45, 2.75) is 4.90 Å². The number of anilines is 2. The molecule has 5 nitrogen and oxygen atoms in total. The molecule has 0 atom stereocenters. The molecule has 3 rings (SSSR count). The molecule has 29 heavy (non-hydrogen) atoms. The van der Waals surface area contributed by atoms with E-state index in [1.54, 1.807) is 36.4 Å². The lowest BCUT2D eigenvalue weighted by molar-refractivity contribution is -0.114. The van der Waals surface area contributed by atoms with E-state index in [9.17, 15) is 13.2 Å². The van der Waals surface area contributed by atoms with E-state index in [0.717, 1.165) is 4.31 Å². The van der Waals surface area contributed by atoms with Gasteiger partial charge in [0.1, 0.15) is 6.54 Å². The standard InChI is InChI=1S/C20H15Cl3N2O3S/c21-14-5-4-6-18(12-14)25(29(27,28)19-7-2-1-3-8-19)13-20(26)24-17-10-15(22)9-16(23)11-17/h1-12H,13H2,(H,24,26). The van der Waals surface area contributed by atoms with Gasteiger partial charge in [0.2, 0.25) is 5.91 Å². The van der Waals surface area contributed by atoms with E-state index < -0.39 is 22.5 Å². The monoisotopic (exact) mass is 468 g/mol. The summed E-state index contributed by atoms with van der Waals surface area (Å²) in [4.78, 5) is 12.7. The van der Waals surface area contributed by atoms with Crippen molar-refractivity contribution in [2.75, 3.05) is 16.2 Å². The molecule has 3 aromatic rings. The van der Waals surface area contributed by atoms with Gasteiger partial charge in [0.25, 0.3) is 10.0 Å². The molecule has 0 aliphatic carbocycles. The Morgan fingerprint density at radius 1 is 0.828 bits per heavy atom. The van der Waals surface area contributed by atoms with Crippen LogP contribution in [0.15, 0.2) is 77.7 Å². The van der Waals surface area contributed by atoms with Gasteiger partial charge in [0, 0.05) is 20.8 Å². The van der Waals surface area contributed by atoms with Gasteiger partial charge in [-0.2, -0.15) is 0 Å². The summed E-state index contributed by atoms with van der Waals surface area (Å²) in [6, 6.07) is 18.7. The highest BCUT2D eigenvalue weighted by atomic mass is 35.5. The predicted octanol–water partition coefficient (Wildman–Crippen LogP) is 5.48. The quantitative estimate of drug-likeness (QED) is 0.520. The summed E-state index contributed by atoms with van der Waals surface area (Å²) < 4.78 is 27.4. The zero-order valence-corrected chi connectivity index (χ0v) is 17.9. The minimum Gasteiger partial charge on any atom is -0.324 e. The topological polar surface area (TPSA) is 66.5 Å². The van der Waals surface area contributed by atoms with Gasteiger partial charge in [-0.1, -0.05) is 59.1 Å². The number of hydrogen-bond acceptors (Lipinski definition) is 3. The molecule has 0 fully saturated rings. The molecule has 150 valence electrons. The largest absolute Gasteiger partial charge is 0.324 e. The van der Waals surface area contributed by atoms with E-state index in [1.165, 1.54) is 36.4 Å². The van der Waals surface area contributed by atoms with Crippen LogP contribution >= 0.6 is 34.8 Å². The first kappa shape index (κ1) is 21.5. The first-order valence-electron chi connectivity index (χ1n) is 8.35. The Kier molecular flexibility index (Phi) is 6.70. The van der Waals surface area contributed by atoms with Crippen LogP contribution in [0.4, 0.5) is 11.4 Å². The lowest BCUT2D eigenvalue weighted by Gasteiger charge is -2.24. The Morgan fingerprint density at radius 3 is 2.10 bits per heavy atom. The molecule has 0 heterocycles. The number of hydrogen-bond donors (Lipinski definition) is 1. The third-order valence-electron chi connectivity index (χ3n) is 3.86. The average Bonchev–Trinajstić information content (AvgIpc) is 2.66. The number of sulfonamides is 1. The first-order chi connectivity index (χ1) is 13.8. The van der Waals surface area contributed by atoms with Crippen LogP contribution in [-0.4, -0.2) is 20.9 Å². The number of benzene rings is 3. The Hall–Kier alpha value is -2.25. The third-order valence-corrected chi connectivity index (χ3v) is 6.32. The summed E-state index contributed by atoms with van der Waals surface area (Å²) in [6.45, 7) is -0.471. The third kappa shape index (κ3) is 5.42. The number of carbonyl (C=O) groups excluding carboxylic acids is 1. The molecule has 0 saturated heterocycles. The molecule has 1 amide bonds. The van der Waals surface area contributed by atoms with Gasteiger partial charge in [-0.15, -0.1) is 0 Å². The molecular weight excluding hydrogens is 455 g/mol. The summed E-state index contributed by atoms with van der Waals surface area (Å²) in [7, 11) is -4.01. The van der Waals surface area contributed by atoms with Crippen molar-refractivity contribution >= 4 is 62.1 Å². The van der Waals surface area contributed by atoms with Gasteiger partial charge in [-0.3, -0.25) is 9.10 Å². The zero-order chi connectivity index (χ0) is 21.0. The van der Waals surface area contributed by atoms with Crippen LogP contribution in [-0.2, 0) is 14.8 Å². The summed E-state index contributed by atoms with van der Waals surface area (Å²) in [5, 5.41) is 3.65. The Bertz CT molecular complexity index is 1120. The molecule has 0 bridgehead atoms. The summed E-state index contributed by atoms with van der Waals surface area (Å²) in [5.74, 6) is -0.567. The second-order valence-electron chi connectivity index (χ2n) is 6.01. The predicted molar refractivity (Wildman–Crippen MR) is 118 cm³/mol. The zero-order valence-electron chi connectivity index (χ0n) is 14.8. The maximum Gasteiger partial charge on any atom is 0.264 e. The number of amides is 1. The van der Waals surface area contributed by atoms with Crippen molar-refractivity contribution < 1.29 is 13.2 Å². The van der Waals surface area contributed by atoms with Crippen LogP contribution in [0.3, 0.4) is 0 Å². The number of halogens is 3. The average molecular weight is 470 g/mol. The Morgan fingerprint density at radius 2 is 1.48 bits per heavy atom. The molecule has 1 N–H and O–H groups in total. The van der Waals surface area contributed by atoms with Gasteiger partial charge in [-0.05, 0) is 48.5 Å². The van der Waals surface area contributed by atoms with E-state index in [2.05, 4.69) is 5.32 Å². The van der Waals surface area contributed by atoms with Crippen LogP contribution in [0.1, 0.15) is 0 Å². The lowest BCUT2D eigenvalue weighted by atomic mass is 10.3. The molecule has 0 unspecified atom stereocenters. The Labute approximate surface area is 183 Å². The molecule has 0 aliphatic heterocycles. The molecule has 0 saturated carbocycles. The van der Waals surface area contributed by atoms with Gasteiger partial charge in [0.05, 0.1) is 10.6 Å². The van der Waals surface area contributed by atoms with Crippen molar-refractivity contribution in [1.29, 1.82) is 0 Å². The minimum absolute atomic E-state index is 0.0542. The summed E-state index contributed by atoms with van der Waals surface area (Å²) in [5.41, 5.74) is 0.622. The normalized spacial score (nSPS) is 11.1. The number of nitrogens with zero attached hydrogens (tertiary/aromatic N) is 1. The van der Waals surface area contributed by atoms with E-state index >= 15 is 0 Å². The molecule has 0 spiro atoms. The molecule has 0 aromatic heterocycles. The highest BCUT2D eigenvalue weighted by Gasteiger charge is 2.27.